The first-order valence-electron chi connectivity index (χ1n) is 12.8. The van der Waals surface area contributed by atoms with Crippen LogP contribution in [0.5, 0.6) is 0 Å². The zero-order valence-corrected chi connectivity index (χ0v) is 20.9. The molecule has 0 radical (unpaired) electrons. The maximum absolute atomic E-state index is 13.4. The largest absolute Gasteiger partial charge is 0.352 e. The summed E-state index contributed by atoms with van der Waals surface area (Å²) >= 11 is 0. The van der Waals surface area contributed by atoms with E-state index in [0.29, 0.717) is 44.1 Å². The molecule has 7 heteroatoms. The number of rotatable bonds is 8. The van der Waals surface area contributed by atoms with Gasteiger partial charge in [-0.25, -0.2) is 0 Å². The Kier molecular flexibility index (Phi) is 9.12. The van der Waals surface area contributed by atoms with Crippen LogP contribution in [0.2, 0.25) is 0 Å². The highest BCUT2D eigenvalue weighted by atomic mass is 16.2. The van der Waals surface area contributed by atoms with Crippen LogP contribution in [-0.2, 0) is 6.54 Å². The number of pyridine rings is 1. The fraction of sp³-hybridized carbons (Fsp3) is 0.731. The Balaban J connectivity index is 1.75. The van der Waals surface area contributed by atoms with Crippen molar-refractivity contribution in [2.24, 2.45) is 11.8 Å². The lowest BCUT2D eigenvalue weighted by molar-refractivity contribution is 0.0588. The molecule has 0 unspecified atom stereocenters. The molecule has 2 fully saturated rings. The molecule has 3 rings (SSSR count). The molecule has 0 atom stereocenters. The minimum atomic E-state index is -0.458. The van der Waals surface area contributed by atoms with E-state index in [2.05, 4.69) is 37.9 Å². The summed E-state index contributed by atoms with van der Waals surface area (Å²) in [6, 6.07) is 0.532. The third-order valence-corrected chi connectivity index (χ3v) is 6.80. The Bertz CT molecular complexity index is 863. The van der Waals surface area contributed by atoms with E-state index in [1.165, 1.54) is 19.3 Å². The summed E-state index contributed by atoms with van der Waals surface area (Å²) < 4.78 is 1.83. The maximum Gasteiger partial charge on any atom is 0.259 e. The van der Waals surface area contributed by atoms with Gasteiger partial charge in [0.2, 0.25) is 5.43 Å². The second-order valence-electron chi connectivity index (χ2n) is 10.6. The van der Waals surface area contributed by atoms with Gasteiger partial charge < -0.3 is 19.7 Å². The molecule has 184 valence electrons. The highest BCUT2D eigenvalue weighted by Crippen LogP contribution is 2.21. The normalized spacial score (nSPS) is 18.2. The third-order valence-electron chi connectivity index (χ3n) is 6.80. The Morgan fingerprint density at radius 3 is 2.18 bits per heavy atom. The summed E-state index contributed by atoms with van der Waals surface area (Å²) in [5, 5.41) is 2.86. The van der Waals surface area contributed by atoms with E-state index in [1.54, 1.807) is 17.3 Å². The fourth-order valence-corrected chi connectivity index (χ4v) is 4.93. The number of hydrogen-bond acceptors (Lipinski definition) is 4. The number of nitrogens with zero attached hydrogens (tertiary/aromatic N) is 3. The van der Waals surface area contributed by atoms with Crippen LogP contribution in [-0.4, -0.2) is 64.9 Å². The number of carbonyl (C=O) groups excluding carboxylic acids is 2. The lowest BCUT2D eigenvalue weighted by atomic mass is 9.99. The summed E-state index contributed by atoms with van der Waals surface area (Å²) in [5.74, 6) is 0.152. The van der Waals surface area contributed by atoms with Crippen molar-refractivity contribution < 1.29 is 9.59 Å². The second kappa shape index (κ2) is 11.8. The average Bonchev–Trinajstić information content (AvgIpc) is 2.79. The lowest BCUT2D eigenvalue weighted by Crippen LogP contribution is -2.49. The number of carbonyl (C=O) groups is 2. The van der Waals surface area contributed by atoms with E-state index in [9.17, 15) is 14.4 Å². The average molecular weight is 459 g/mol. The van der Waals surface area contributed by atoms with Gasteiger partial charge in [-0.1, -0.05) is 34.1 Å². The molecule has 0 bridgehead atoms. The summed E-state index contributed by atoms with van der Waals surface area (Å²) in [7, 11) is 0. The van der Waals surface area contributed by atoms with Crippen LogP contribution in [0.1, 0.15) is 86.9 Å². The van der Waals surface area contributed by atoms with Gasteiger partial charge in [-0.05, 0) is 57.0 Å². The SMILES string of the molecule is CC(C)CCNC(=O)c1cn(CC(C)C)cc(C(=O)N2CCC(N3CCCCC3)CC2)c1=O. The van der Waals surface area contributed by atoms with Crippen LogP contribution in [0.25, 0.3) is 0 Å². The molecule has 33 heavy (non-hydrogen) atoms. The van der Waals surface area contributed by atoms with Gasteiger partial charge in [-0.2, -0.15) is 0 Å². The molecule has 0 aliphatic carbocycles. The highest BCUT2D eigenvalue weighted by molar-refractivity contribution is 5.99. The molecule has 7 nitrogen and oxygen atoms in total. The second-order valence-corrected chi connectivity index (χ2v) is 10.6. The highest BCUT2D eigenvalue weighted by Gasteiger charge is 2.30. The first kappa shape index (κ1) is 25.5. The lowest BCUT2D eigenvalue weighted by Gasteiger charge is -2.40. The first-order chi connectivity index (χ1) is 15.8. The smallest absolute Gasteiger partial charge is 0.259 e. The predicted molar refractivity (Wildman–Crippen MR) is 132 cm³/mol. The summed E-state index contributed by atoms with van der Waals surface area (Å²) in [6.07, 6.45) is 9.83. The van der Waals surface area contributed by atoms with E-state index in [-0.39, 0.29) is 17.0 Å². The predicted octanol–water partition coefficient (Wildman–Crippen LogP) is 3.37. The van der Waals surface area contributed by atoms with Crippen LogP contribution < -0.4 is 10.7 Å². The van der Waals surface area contributed by atoms with Gasteiger partial charge in [0.05, 0.1) is 0 Å². The van der Waals surface area contributed by atoms with Crippen molar-refractivity contribution in [1.29, 1.82) is 0 Å². The minimum absolute atomic E-state index is 0.0634. The van der Waals surface area contributed by atoms with Gasteiger partial charge in [0.1, 0.15) is 11.1 Å². The number of nitrogens with one attached hydrogen (secondary N) is 1. The van der Waals surface area contributed by atoms with Gasteiger partial charge in [0.25, 0.3) is 11.8 Å². The number of piperidine rings is 2. The Morgan fingerprint density at radius 2 is 1.58 bits per heavy atom. The summed E-state index contributed by atoms with van der Waals surface area (Å²) in [4.78, 5) is 43.8. The molecule has 0 spiro atoms. The zero-order chi connectivity index (χ0) is 24.0. The molecule has 2 aliphatic rings. The number of likely N-dealkylation sites (tertiary alicyclic amines) is 2. The molecular weight excluding hydrogens is 416 g/mol. The molecular formula is C26H42N4O3. The standard InChI is InChI=1S/C26H42N4O3/c1-19(2)8-11-27-25(32)22-17-28(16-20(3)4)18-23(24(22)31)26(33)30-14-9-21(10-15-30)29-12-6-5-7-13-29/h17-21H,5-16H2,1-4H3,(H,27,32). The van der Waals surface area contributed by atoms with Gasteiger partial charge in [-0.3, -0.25) is 14.4 Å². The fourth-order valence-electron chi connectivity index (χ4n) is 4.93. The summed E-state index contributed by atoms with van der Waals surface area (Å²) in [6.45, 7) is 13.1. The Morgan fingerprint density at radius 1 is 0.939 bits per heavy atom. The molecule has 2 saturated heterocycles. The molecule has 0 aromatic carbocycles. The van der Waals surface area contributed by atoms with Crippen molar-refractivity contribution in [3.05, 3.63) is 33.7 Å². The Labute approximate surface area is 198 Å². The van der Waals surface area contributed by atoms with Crippen LogP contribution >= 0.6 is 0 Å². The van der Waals surface area contributed by atoms with E-state index in [0.717, 1.165) is 32.4 Å². The van der Waals surface area contributed by atoms with Gasteiger partial charge in [0, 0.05) is 44.6 Å². The Hall–Kier alpha value is -2.15. The minimum Gasteiger partial charge on any atom is -0.352 e. The van der Waals surface area contributed by atoms with Crippen LogP contribution in [0.3, 0.4) is 0 Å². The van der Waals surface area contributed by atoms with Crippen molar-refractivity contribution in [3.63, 3.8) is 0 Å². The van der Waals surface area contributed by atoms with Gasteiger partial charge >= 0.3 is 0 Å². The molecule has 3 heterocycles. The van der Waals surface area contributed by atoms with E-state index < -0.39 is 11.3 Å². The molecule has 1 aromatic heterocycles. The van der Waals surface area contributed by atoms with Crippen molar-refractivity contribution in [3.8, 4) is 0 Å². The molecule has 2 amide bonds. The van der Waals surface area contributed by atoms with Gasteiger partial charge in [-0.15, -0.1) is 0 Å². The van der Waals surface area contributed by atoms with Crippen molar-refractivity contribution in [2.45, 2.75) is 78.8 Å². The van der Waals surface area contributed by atoms with E-state index in [1.807, 2.05) is 4.57 Å². The monoisotopic (exact) mass is 458 g/mol. The van der Waals surface area contributed by atoms with Crippen molar-refractivity contribution in [2.75, 3.05) is 32.7 Å². The number of aromatic nitrogens is 1. The maximum atomic E-state index is 13.4. The quantitative estimate of drug-likeness (QED) is 0.648. The van der Waals surface area contributed by atoms with Crippen LogP contribution in [0.4, 0.5) is 0 Å². The number of amides is 2. The number of hydrogen-bond donors (Lipinski definition) is 1. The first-order valence-corrected chi connectivity index (χ1v) is 12.8. The topological polar surface area (TPSA) is 74.7 Å². The third kappa shape index (κ3) is 6.92. The molecule has 1 N–H and O–H groups in total. The molecule has 1 aromatic rings. The van der Waals surface area contributed by atoms with Crippen LogP contribution in [0, 0.1) is 11.8 Å². The van der Waals surface area contributed by atoms with Crippen LogP contribution in [0.15, 0.2) is 17.2 Å². The van der Waals surface area contributed by atoms with Gasteiger partial charge in [0.15, 0.2) is 0 Å². The van der Waals surface area contributed by atoms with Crippen molar-refractivity contribution in [1.82, 2.24) is 19.7 Å². The zero-order valence-electron chi connectivity index (χ0n) is 20.9. The van der Waals surface area contributed by atoms with E-state index in [4.69, 9.17) is 0 Å². The molecule has 0 saturated carbocycles. The van der Waals surface area contributed by atoms with Crippen molar-refractivity contribution >= 4 is 11.8 Å². The van der Waals surface area contributed by atoms with E-state index >= 15 is 0 Å². The summed E-state index contributed by atoms with van der Waals surface area (Å²) in [5.41, 5.74) is -0.280. The molecule has 2 aliphatic heterocycles.